The molecule has 5 fully saturated rings. The van der Waals surface area contributed by atoms with E-state index in [0.29, 0.717) is 43.1 Å². The summed E-state index contributed by atoms with van der Waals surface area (Å²) >= 11 is 0. The van der Waals surface area contributed by atoms with E-state index in [-0.39, 0.29) is 17.0 Å². The monoisotopic (exact) mass is 880 g/mol. The number of hydrogen-bond donors (Lipinski definition) is 3. The van der Waals surface area contributed by atoms with Gasteiger partial charge in [0.2, 0.25) is 0 Å². The average molecular weight is 881 g/mol. The molecule has 4 aromatic rings. The number of ether oxygens (including phenoxy) is 2. The standard InChI is InChI=1S/C47H60N8O7S/c1-31-22-40(35-23-34(31)24-35)41-28-47(2,3)10-8-33(41)30-53-14-16-54(17-15-53)36-4-6-39(44(26-36)62-37-25-32-9-11-49-45(32)50-29-37)46(56)51-63(59,60)38-5-7-42(43(27-38)55(57)58)48-12-13-52-18-20-61-21-19-52/h4-7,9,11,25-27,29,31,34-35,40,48H,8,10,12-24,28,30H2,1-3H3,(H,49,50)(H,51,56)/t31-,34?,35?,40+/m0/s1. The third-order valence-electron chi connectivity index (χ3n) is 14.4. The van der Waals surface area contributed by atoms with E-state index in [1.54, 1.807) is 41.7 Å². The second kappa shape index (κ2) is 17.9. The number of H-pyrrole nitrogens is 1. The number of nitrogens with one attached hydrogen (secondary N) is 3. The van der Waals surface area contributed by atoms with Crippen LogP contribution in [0.4, 0.5) is 17.1 Å². The van der Waals surface area contributed by atoms with Crippen LogP contribution in [0.2, 0.25) is 0 Å². The van der Waals surface area contributed by atoms with E-state index in [9.17, 15) is 23.3 Å². The summed E-state index contributed by atoms with van der Waals surface area (Å²) in [4.78, 5) is 39.6. The van der Waals surface area contributed by atoms with E-state index in [4.69, 9.17) is 9.47 Å². The maximum Gasteiger partial charge on any atom is 0.293 e. The van der Waals surface area contributed by atoms with Crippen LogP contribution in [-0.2, 0) is 14.8 Å². The number of benzene rings is 2. The van der Waals surface area contributed by atoms with Crippen molar-refractivity contribution in [1.82, 2.24) is 24.5 Å². The van der Waals surface area contributed by atoms with Crippen molar-refractivity contribution in [1.29, 1.82) is 0 Å². The largest absolute Gasteiger partial charge is 0.455 e. The average Bonchev–Trinajstić information content (AvgIpc) is 3.72. The van der Waals surface area contributed by atoms with Crippen LogP contribution >= 0.6 is 0 Å². The van der Waals surface area contributed by atoms with Gasteiger partial charge in [-0.3, -0.25) is 24.7 Å². The van der Waals surface area contributed by atoms with Crippen LogP contribution in [0.5, 0.6) is 11.5 Å². The van der Waals surface area contributed by atoms with Crippen molar-refractivity contribution < 1.29 is 27.6 Å². The molecule has 1 amide bonds. The van der Waals surface area contributed by atoms with Crippen LogP contribution in [0.3, 0.4) is 0 Å². The lowest BCUT2D eigenvalue weighted by Crippen LogP contribution is -2.48. The predicted octanol–water partition coefficient (Wildman–Crippen LogP) is 7.44. The van der Waals surface area contributed by atoms with Gasteiger partial charge in [-0.25, -0.2) is 18.1 Å². The maximum absolute atomic E-state index is 14.0. The molecule has 10 rings (SSSR count). The zero-order valence-corrected chi connectivity index (χ0v) is 37.4. The number of rotatable bonds is 14. The van der Waals surface area contributed by atoms with Crippen molar-refractivity contribution in [2.45, 2.75) is 64.2 Å². The Bertz CT molecular complexity index is 2490. The smallest absolute Gasteiger partial charge is 0.293 e. The summed E-state index contributed by atoms with van der Waals surface area (Å²) in [5.41, 5.74) is 5.09. The van der Waals surface area contributed by atoms with Gasteiger partial charge in [0.15, 0.2) is 0 Å². The van der Waals surface area contributed by atoms with Gasteiger partial charge in [0, 0.05) is 88.3 Å². The van der Waals surface area contributed by atoms with Gasteiger partial charge in [-0.2, -0.15) is 0 Å². The number of carbonyl (C=O) groups excluding carboxylic acids is 1. The minimum atomic E-state index is -4.55. The first-order valence-electron chi connectivity index (χ1n) is 22.6. The molecule has 15 nitrogen and oxygen atoms in total. The Balaban J connectivity index is 0.910. The fourth-order valence-electron chi connectivity index (χ4n) is 10.6. The molecule has 16 heteroatoms. The highest BCUT2D eigenvalue weighted by Gasteiger charge is 2.47. The number of fused-ring (bicyclic) bond motifs is 3. The number of amides is 1. The molecule has 2 saturated heterocycles. The Morgan fingerprint density at radius 1 is 1.00 bits per heavy atom. The zero-order valence-electron chi connectivity index (χ0n) is 36.6. The summed E-state index contributed by atoms with van der Waals surface area (Å²) in [5, 5.41) is 16.0. The van der Waals surface area contributed by atoms with Crippen molar-refractivity contribution in [2.24, 2.45) is 29.1 Å². The summed E-state index contributed by atoms with van der Waals surface area (Å²) in [6.45, 7) is 15.6. The molecule has 0 radical (unpaired) electrons. The van der Waals surface area contributed by atoms with Gasteiger partial charge in [-0.15, -0.1) is 0 Å². The zero-order chi connectivity index (χ0) is 43.9. The lowest BCUT2D eigenvalue weighted by molar-refractivity contribution is -0.384. The van der Waals surface area contributed by atoms with E-state index in [2.05, 4.69) is 55.5 Å². The minimum absolute atomic E-state index is 0.0134. The van der Waals surface area contributed by atoms with Crippen LogP contribution in [0, 0.1) is 39.2 Å². The molecule has 0 spiro atoms. The van der Waals surface area contributed by atoms with E-state index >= 15 is 0 Å². The van der Waals surface area contributed by atoms with Crippen LogP contribution in [0.1, 0.15) is 69.7 Å². The van der Waals surface area contributed by atoms with E-state index in [0.717, 1.165) is 86.6 Å². The third kappa shape index (κ3) is 9.59. The van der Waals surface area contributed by atoms with Crippen LogP contribution in [-0.4, -0.2) is 111 Å². The Morgan fingerprint density at radius 3 is 2.56 bits per heavy atom. The van der Waals surface area contributed by atoms with Crippen molar-refractivity contribution >= 4 is 44.0 Å². The van der Waals surface area contributed by atoms with Gasteiger partial charge in [-0.05, 0) is 104 Å². The highest BCUT2D eigenvalue weighted by molar-refractivity contribution is 7.90. The molecule has 2 atom stereocenters. The van der Waals surface area contributed by atoms with E-state index in [1.165, 1.54) is 50.7 Å². The summed E-state index contributed by atoms with van der Waals surface area (Å²) in [7, 11) is -4.55. The van der Waals surface area contributed by atoms with Crippen LogP contribution < -0.4 is 19.7 Å². The number of anilines is 2. The Morgan fingerprint density at radius 2 is 1.79 bits per heavy atom. The number of nitro groups is 1. The van der Waals surface area contributed by atoms with E-state index in [1.807, 2.05) is 12.1 Å². The molecular weight excluding hydrogens is 821 g/mol. The fourth-order valence-corrected chi connectivity index (χ4v) is 11.6. The molecule has 2 aromatic heterocycles. The Hall–Kier alpha value is -5.03. The topological polar surface area (TPSA) is 175 Å². The Kier molecular flexibility index (Phi) is 12.3. The van der Waals surface area contributed by atoms with Gasteiger partial charge >= 0.3 is 0 Å². The number of aromatic nitrogens is 2. The second-order valence-electron chi connectivity index (χ2n) is 19.2. The lowest BCUT2D eigenvalue weighted by Gasteiger charge is -2.53. The van der Waals surface area contributed by atoms with Crippen LogP contribution in [0.25, 0.3) is 11.0 Å². The Labute approximate surface area is 369 Å². The van der Waals surface area contributed by atoms with Crippen LogP contribution in [0.15, 0.2) is 77.0 Å². The predicted molar refractivity (Wildman–Crippen MR) is 243 cm³/mol. The number of carbonyl (C=O) groups is 1. The molecule has 3 saturated carbocycles. The normalized spacial score (nSPS) is 24.2. The molecule has 336 valence electrons. The summed E-state index contributed by atoms with van der Waals surface area (Å²) < 4.78 is 41.3. The number of allylic oxidation sites excluding steroid dienone is 1. The van der Waals surface area contributed by atoms with Gasteiger partial charge < -0.3 is 24.7 Å². The minimum Gasteiger partial charge on any atom is -0.455 e. The van der Waals surface area contributed by atoms with Gasteiger partial charge in [0.05, 0.1) is 34.8 Å². The van der Waals surface area contributed by atoms with Gasteiger partial charge in [-0.1, -0.05) is 31.9 Å². The quantitative estimate of drug-likeness (QED) is 0.0650. The maximum atomic E-state index is 14.0. The first kappa shape index (κ1) is 43.2. The molecule has 63 heavy (non-hydrogen) atoms. The molecule has 3 N–H and O–H groups in total. The number of sulfonamides is 1. The number of nitrogens with zero attached hydrogens (tertiary/aromatic N) is 5. The number of pyridine rings is 1. The first-order chi connectivity index (χ1) is 30.3. The SMILES string of the molecule is C[C@H]1C[C@@H](C2=C(CN3CCN(c4ccc(C(=O)NS(=O)(=O)c5ccc(NCCN6CCOCC6)c([N+](=O)[O-])c5)c(Oc5cnc6[nH]ccc6c5)c4)CC3)CCC(C)(C)C2)C2CC1C2. The molecule has 2 bridgehead atoms. The van der Waals surface area contributed by atoms with Crippen molar-refractivity contribution in [2.75, 3.05) is 82.3 Å². The molecular formula is C47H60N8O7S. The number of hydrogen-bond acceptors (Lipinski definition) is 12. The first-order valence-corrected chi connectivity index (χ1v) is 24.1. The van der Waals surface area contributed by atoms with Crippen molar-refractivity contribution in [3.05, 3.63) is 87.7 Å². The van der Waals surface area contributed by atoms with Crippen molar-refractivity contribution in [3.8, 4) is 11.5 Å². The van der Waals surface area contributed by atoms with Crippen molar-refractivity contribution in [3.63, 3.8) is 0 Å². The highest BCUT2D eigenvalue weighted by atomic mass is 32.2. The summed E-state index contributed by atoms with van der Waals surface area (Å²) in [6, 6.07) is 12.4. The summed E-state index contributed by atoms with van der Waals surface area (Å²) in [5.74, 6) is 2.98. The fraction of sp³-hybridized carbons (Fsp3) is 0.532. The molecule has 2 aliphatic heterocycles. The molecule has 2 aromatic carbocycles. The number of aromatic amines is 1. The number of nitro benzene ring substituents is 1. The second-order valence-corrected chi connectivity index (χ2v) is 20.8. The highest BCUT2D eigenvalue weighted by Crippen LogP contribution is 2.57. The summed E-state index contributed by atoms with van der Waals surface area (Å²) in [6.07, 6.45) is 11.1. The van der Waals surface area contributed by atoms with Gasteiger partial charge in [0.25, 0.3) is 21.6 Å². The lowest BCUT2D eigenvalue weighted by atomic mass is 9.52. The molecule has 0 unspecified atom stereocenters. The number of morpholine rings is 1. The van der Waals surface area contributed by atoms with E-state index < -0.39 is 31.4 Å². The molecule has 4 heterocycles. The molecule has 4 aliphatic carbocycles. The number of piperazine rings is 1. The van der Waals surface area contributed by atoms with Gasteiger partial charge in [0.1, 0.15) is 22.8 Å². The third-order valence-corrected chi connectivity index (χ3v) is 15.7. The molecule has 6 aliphatic rings.